The molecule has 0 aromatic carbocycles. The molecule has 0 radical (unpaired) electrons. The average Bonchev–Trinajstić information content (AvgIpc) is 2.77. The molecular weight excluding hydrogens is 192 g/mol. The second-order valence-electron chi connectivity index (χ2n) is 7.24. The molecule has 0 nitrogen and oxygen atoms in total. The van der Waals surface area contributed by atoms with Crippen molar-refractivity contribution in [2.45, 2.75) is 47.0 Å². The van der Waals surface area contributed by atoms with Gasteiger partial charge in [0.05, 0.1) is 0 Å². The van der Waals surface area contributed by atoms with Gasteiger partial charge in [-0.25, -0.2) is 0 Å². The van der Waals surface area contributed by atoms with E-state index in [2.05, 4.69) is 52.5 Å². The topological polar surface area (TPSA) is 0 Å². The lowest BCUT2D eigenvalue weighted by atomic mass is 9.64. The van der Waals surface area contributed by atoms with Crippen molar-refractivity contribution in [1.82, 2.24) is 0 Å². The Morgan fingerprint density at radius 3 is 2.31 bits per heavy atom. The summed E-state index contributed by atoms with van der Waals surface area (Å²) in [5.74, 6) is 2.64. The number of fused-ring (bicyclic) bond motifs is 2. The van der Waals surface area contributed by atoms with E-state index in [0.29, 0.717) is 5.41 Å². The summed E-state index contributed by atoms with van der Waals surface area (Å²) in [4.78, 5) is 0. The average molecular weight is 218 g/mol. The van der Waals surface area contributed by atoms with Gasteiger partial charge in [-0.1, -0.05) is 45.9 Å². The van der Waals surface area contributed by atoms with E-state index < -0.39 is 0 Å². The van der Waals surface area contributed by atoms with Crippen molar-refractivity contribution in [3.8, 4) is 0 Å². The van der Waals surface area contributed by atoms with E-state index in [4.69, 9.17) is 0 Å². The maximum absolute atomic E-state index is 3.98. The molecule has 2 aliphatic rings. The fourth-order valence-electron chi connectivity index (χ4n) is 4.06. The molecule has 0 heterocycles. The largest absolute Gasteiger partial charge is 0.103 e. The SMILES string of the molecule is C=CC(C)(C)CC(C)(C)C1CC2C=CC1C2. The second kappa shape index (κ2) is 3.75. The predicted molar refractivity (Wildman–Crippen MR) is 71.2 cm³/mol. The van der Waals surface area contributed by atoms with E-state index in [1.807, 2.05) is 0 Å². The smallest absolute Gasteiger partial charge is 0.0172 e. The van der Waals surface area contributed by atoms with Crippen molar-refractivity contribution < 1.29 is 0 Å². The Balaban J connectivity index is 2.08. The zero-order valence-electron chi connectivity index (χ0n) is 11.3. The van der Waals surface area contributed by atoms with Gasteiger partial charge < -0.3 is 0 Å². The predicted octanol–water partition coefficient (Wildman–Crippen LogP) is 4.83. The van der Waals surface area contributed by atoms with Gasteiger partial charge in [0, 0.05) is 0 Å². The van der Waals surface area contributed by atoms with Crippen LogP contribution in [0.5, 0.6) is 0 Å². The van der Waals surface area contributed by atoms with Crippen molar-refractivity contribution in [3.05, 3.63) is 24.8 Å². The van der Waals surface area contributed by atoms with E-state index in [1.165, 1.54) is 19.3 Å². The lowest BCUT2D eigenvalue weighted by Crippen LogP contribution is -2.31. The van der Waals surface area contributed by atoms with E-state index in [0.717, 1.165) is 17.8 Å². The van der Waals surface area contributed by atoms with Gasteiger partial charge in [0.2, 0.25) is 0 Å². The first kappa shape index (κ1) is 12.0. The van der Waals surface area contributed by atoms with Crippen LogP contribution in [0, 0.1) is 28.6 Å². The summed E-state index contributed by atoms with van der Waals surface area (Å²) in [5, 5.41) is 0. The van der Waals surface area contributed by atoms with Gasteiger partial charge >= 0.3 is 0 Å². The molecule has 2 aliphatic carbocycles. The van der Waals surface area contributed by atoms with Crippen molar-refractivity contribution in [1.29, 1.82) is 0 Å². The molecule has 1 fully saturated rings. The summed E-state index contributed by atoms with van der Waals surface area (Å²) < 4.78 is 0. The van der Waals surface area contributed by atoms with Gasteiger partial charge in [-0.2, -0.15) is 0 Å². The van der Waals surface area contributed by atoms with Crippen molar-refractivity contribution in [3.63, 3.8) is 0 Å². The van der Waals surface area contributed by atoms with Crippen LogP contribution in [0.15, 0.2) is 24.8 Å². The third-order valence-corrected chi connectivity index (χ3v) is 4.75. The van der Waals surface area contributed by atoms with Crippen LogP contribution in [0.25, 0.3) is 0 Å². The molecule has 2 bridgehead atoms. The van der Waals surface area contributed by atoms with Crippen LogP contribution >= 0.6 is 0 Å². The molecular formula is C16H26. The molecule has 0 aromatic heterocycles. The molecule has 0 spiro atoms. The van der Waals surface area contributed by atoms with Crippen LogP contribution in [-0.4, -0.2) is 0 Å². The summed E-state index contributed by atoms with van der Waals surface area (Å²) >= 11 is 0. The van der Waals surface area contributed by atoms with E-state index >= 15 is 0 Å². The minimum Gasteiger partial charge on any atom is -0.103 e. The molecule has 1 saturated carbocycles. The highest BCUT2D eigenvalue weighted by molar-refractivity contribution is 5.13. The van der Waals surface area contributed by atoms with Gasteiger partial charge in [-0.15, -0.1) is 6.58 Å². The molecule has 0 aliphatic heterocycles. The lowest BCUT2D eigenvalue weighted by molar-refractivity contribution is 0.123. The maximum Gasteiger partial charge on any atom is -0.0172 e. The van der Waals surface area contributed by atoms with E-state index in [9.17, 15) is 0 Å². The summed E-state index contributed by atoms with van der Waals surface area (Å²) in [5.41, 5.74) is 0.719. The summed E-state index contributed by atoms with van der Waals surface area (Å²) in [6.07, 6.45) is 11.1. The molecule has 90 valence electrons. The monoisotopic (exact) mass is 218 g/mol. The summed E-state index contributed by atoms with van der Waals surface area (Å²) in [6.45, 7) is 13.5. The van der Waals surface area contributed by atoms with Gasteiger partial charge in [0.15, 0.2) is 0 Å². The normalized spacial score (nSPS) is 33.4. The van der Waals surface area contributed by atoms with Gasteiger partial charge in [-0.05, 0) is 47.8 Å². The van der Waals surface area contributed by atoms with Gasteiger partial charge in [-0.3, -0.25) is 0 Å². The van der Waals surface area contributed by atoms with Crippen LogP contribution in [0.4, 0.5) is 0 Å². The van der Waals surface area contributed by atoms with Crippen molar-refractivity contribution in [2.75, 3.05) is 0 Å². The third kappa shape index (κ3) is 2.12. The van der Waals surface area contributed by atoms with Crippen LogP contribution in [0.2, 0.25) is 0 Å². The lowest BCUT2D eigenvalue weighted by Gasteiger charge is -2.40. The first-order chi connectivity index (χ1) is 7.34. The highest BCUT2D eigenvalue weighted by atomic mass is 14.5. The van der Waals surface area contributed by atoms with Gasteiger partial charge in [0.25, 0.3) is 0 Å². The fourth-order valence-corrected chi connectivity index (χ4v) is 4.06. The Hall–Kier alpha value is -0.520. The third-order valence-electron chi connectivity index (χ3n) is 4.75. The quantitative estimate of drug-likeness (QED) is 0.593. The first-order valence-corrected chi connectivity index (χ1v) is 6.66. The highest BCUT2D eigenvalue weighted by Crippen LogP contribution is 2.54. The Labute approximate surface area is 101 Å². The summed E-state index contributed by atoms with van der Waals surface area (Å²) in [7, 11) is 0. The Kier molecular flexibility index (Phi) is 2.80. The maximum atomic E-state index is 3.98. The van der Waals surface area contributed by atoms with Crippen LogP contribution in [-0.2, 0) is 0 Å². The summed E-state index contributed by atoms with van der Waals surface area (Å²) in [6, 6.07) is 0. The minimum absolute atomic E-state index is 0.273. The number of hydrogen-bond acceptors (Lipinski definition) is 0. The molecule has 0 amide bonds. The van der Waals surface area contributed by atoms with Crippen LogP contribution < -0.4 is 0 Å². The highest BCUT2D eigenvalue weighted by Gasteiger charge is 2.44. The van der Waals surface area contributed by atoms with Gasteiger partial charge in [0.1, 0.15) is 0 Å². The molecule has 0 N–H and O–H groups in total. The Bertz CT molecular complexity index is 306. The second-order valence-corrected chi connectivity index (χ2v) is 7.24. The molecule has 2 rings (SSSR count). The molecule has 0 saturated heterocycles. The zero-order valence-corrected chi connectivity index (χ0v) is 11.3. The fraction of sp³-hybridized carbons (Fsp3) is 0.750. The van der Waals surface area contributed by atoms with Crippen molar-refractivity contribution >= 4 is 0 Å². The molecule has 3 unspecified atom stereocenters. The molecule has 0 aromatic rings. The van der Waals surface area contributed by atoms with E-state index in [1.54, 1.807) is 0 Å². The molecule has 3 atom stereocenters. The zero-order chi connectivity index (χ0) is 12.0. The molecule has 0 heteroatoms. The Morgan fingerprint density at radius 1 is 1.19 bits per heavy atom. The minimum atomic E-state index is 0.273. The van der Waals surface area contributed by atoms with E-state index in [-0.39, 0.29) is 5.41 Å². The number of hydrogen-bond donors (Lipinski definition) is 0. The van der Waals surface area contributed by atoms with Crippen LogP contribution in [0.1, 0.15) is 47.0 Å². The number of rotatable bonds is 4. The van der Waals surface area contributed by atoms with Crippen molar-refractivity contribution in [2.24, 2.45) is 28.6 Å². The Morgan fingerprint density at radius 2 is 1.88 bits per heavy atom. The van der Waals surface area contributed by atoms with Crippen LogP contribution in [0.3, 0.4) is 0 Å². The molecule has 16 heavy (non-hydrogen) atoms. The standard InChI is InChI=1S/C16H26/c1-6-15(2,3)11-16(4,5)14-10-12-7-8-13(14)9-12/h6-8,12-14H,1,9-11H2,2-5H3. The first-order valence-electron chi connectivity index (χ1n) is 6.66. The number of allylic oxidation sites excluding steroid dienone is 3.